The minimum absolute atomic E-state index is 0. The summed E-state index contributed by atoms with van der Waals surface area (Å²) < 4.78 is 1.14. The Morgan fingerprint density at radius 1 is 1.33 bits per heavy atom. The molecule has 0 saturated carbocycles. The monoisotopic (exact) mass is 208 g/mol. The van der Waals surface area contributed by atoms with E-state index in [9.17, 15) is 0 Å². The molecule has 15 heavy (non-hydrogen) atoms. The van der Waals surface area contributed by atoms with E-state index in [2.05, 4.69) is 21.4 Å². The Morgan fingerprint density at radius 2 is 2.27 bits per heavy atom. The molecular weight excluding hydrogens is 203 g/mol. The Kier molecular flexibility index (Phi) is 2.87. The van der Waals surface area contributed by atoms with Crippen molar-refractivity contribution in [1.82, 2.24) is 20.0 Å². The Balaban J connectivity index is 0.000000853. The molecule has 0 atom stereocenters. The minimum atomic E-state index is 0. The van der Waals surface area contributed by atoms with Gasteiger partial charge in [-0.05, 0) is 18.2 Å². The molecule has 0 spiro atoms. The maximum atomic E-state index is 4.20. The Bertz CT molecular complexity index is 560. The summed E-state index contributed by atoms with van der Waals surface area (Å²) in [6.07, 6.45) is 4.20. The van der Waals surface area contributed by atoms with Crippen molar-refractivity contribution in [3.05, 3.63) is 36.1 Å². The molecule has 0 bridgehead atoms. The molecule has 6 heteroatoms. The van der Waals surface area contributed by atoms with Crippen LogP contribution in [0.25, 0.3) is 15.9 Å². The van der Waals surface area contributed by atoms with E-state index >= 15 is 0 Å². The van der Waals surface area contributed by atoms with Crippen LogP contribution >= 0.6 is 11.3 Å². The van der Waals surface area contributed by atoms with Gasteiger partial charge in [-0.1, -0.05) is 0 Å². The molecule has 2 aromatic heterocycles. The molecule has 0 radical (unpaired) electrons. The van der Waals surface area contributed by atoms with Crippen molar-refractivity contribution in [2.75, 3.05) is 0 Å². The van der Waals surface area contributed by atoms with E-state index in [1.54, 1.807) is 16.1 Å². The molecule has 1 aromatic carbocycles. The fourth-order valence-corrected chi connectivity index (χ4v) is 1.99. The first kappa shape index (κ1) is 10.4. The van der Waals surface area contributed by atoms with E-state index in [0.29, 0.717) is 0 Å². The second kappa shape index (κ2) is 4.15. The summed E-state index contributed by atoms with van der Waals surface area (Å²) >= 11 is 1.61. The van der Waals surface area contributed by atoms with Crippen molar-refractivity contribution in [2.45, 2.75) is 0 Å². The number of nitrogens with zero attached hydrogens (tertiary/aromatic N) is 4. The molecule has 0 saturated heterocycles. The maximum Gasteiger partial charge on any atom is 1.00 e. The van der Waals surface area contributed by atoms with Crippen LogP contribution in [0.5, 0.6) is 0 Å². The van der Waals surface area contributed by atoms with Crippen LogP contribution in [0.2, 0.25) is 0 Å². The van der Waals surface area contributed by atoms with Gasteiger partial charge in [-0.2, -0.15) is 9.90 Å². The first-order chi connectivity index (χ1) is 6.93. The van der Waals surface area contributed by atoms with Crippen LogP contribution in [0.15, 0.2) is 29.9 Å². The van der Waals surface area contributed by atoms with Crippen LogP contribution in [-0.4, -0.2) is 20.0 Å². The van der Waals surface area contributed by atoms with E-state index in [1.807, 2.05) is 23.7 Å². The van der Waals surface area contributed by atoms with Gasteiger partial charge in [0.25, 0.3) is 0 Å². The van der Waals surface area contributed by atoms with Crippen LogP contribution in [0.3, 0.4) is 0 Å². The second-order valence-corrected chi connectivity index (χ2v) is 3.65. The van der Waals surface area contributed by atoms with Crippen LogP contribution < -0.4 is 18.9 Å². The smallest absolute Gasteiger partial charge is 0.369 e. The molecule has 0 fully saturated rings. The average Bonchev–Trinajstić information content (AvgIpc) is 2.88. The summed E-state index contributed by atoms with van der Waals surface area (Å²) in [7, 11) is 0. The predicted octanol–water partition coefficient (Wildman–Crippen LogP) is -1.32. The van der Waals surface area contributed by atoms with E-state index < -0.39 is 0 Å². The quantitative estimate of drug-likeness (QED) is 0.368. The molecule has 0 aliphatic rings. The van der Waals surface area contributed by atoms with Crippen LogP contribution in [0, 0.1) is 6.20 Å². The van der Waals surface area contributed by atoms with E-state index in [0.717, 1.165) is 15.9 Å². The van der Waals surface area contributed by atoms with Gasteiger partial charge in [0.05, 0.1) is 21.4 Å². The number of aromatic nitrogens is 4. The van der Waals surface area contributed by atoms with Crippen molar-refractivity contribution in [3.63, 3.8) is 0 Å². The van der Waals surface area contributed by atoms with E-state index in [1.165, 1.54) is 6.20 Å². The van der Waals surface area contributed by atoms with Gasteiger partial charge in [0.1, 0.15) is 0 Å². The fraction of sp³-hybridized carbons (Fsp3) is 0. The Morgan fingerprint density at radius 3 is 3.07 bits per heavy atom. The zero-order valence-corrected chi connectivity index (χ0v) is 8.90. The fourth-order valence-electron chi connectivity index (χ4n) is 1.28. The summed E-state index contributed by atoms with van der Waals surface area (Å²) in [5, 5.41) is 7.95. The minimum Gasteiger partial charge on any atom is -0.369 e. The van der Waals surface area contributed by atoms with Gasteiger partial charge < -0.3 is 11.3 Å². The van der Waals surface area contributed by atoms with Crippen molar-refractivity contribution < 1.29 is 18.9 Å². The molecular formula is C9H5LiN4S. The van der Waals surface area contributed by atoms with Crippen LogP contribution in [0.4, 0.5) is 0 Å². The van der Waals surface area contributed by atoms with E-state index in [4.69, 9.17) is 0 Å². The van der Waals surface area contributed by atoms with Crippen LogP contribution in [0.1, 0.15) is 0 Å². The van der Waals surface area contributed by atoms with Gasteiger partial charge in [-0.3, -0.25) is 0 Å². The number of benzene rings is 1. The first-order valence-corrected chi connectivity index (χ1v) is 4.93. The first-order valence-electron chi connectivity index (χ1n) is 4.05. The molecule has 3 aromatic rings. The summed E-state index contributed by atoms with van der Waals surface area (Å²) in [6, 6.07) is 5.92. The van der Waals surface area contributed by atoms with Gasteiger partial charge in [-0.15, -0.1) is 17.5 Å². The van der Waals surface area contributed by atoms with Gasteiger partial charge in [0.2, 0.25) is 0 Å². The molecule has 3 rings (SSSR count). The predicted molar refractivity (Wildman–Crippen MR) is 53.4 cm³/mol. The van der Waals surface area contributed by atoms with Crippen molar-refractivity contribution >= 4 is 21.6 Å². The molecule has 4 nitrogen and oxygen atoms in total. The molecule has 0 aliphatic heterocycles. The van der Waals surface area contributed by atoms with Crippen molar-refractivity contribution in [3.8, 4) is 5.69 Å². The number of hydrogen-bond acceptors (Lipinski definition) is 4. The SMILES string of the molecule is [Li+].[c-]1cnn(-c2ccc3ncsc3c2)n1. The number of thiazole rings is 1. The zero-order chi connectivity index (χ0) is 9.38. The zero-order valence-electron chi connectivity index (χ0n) is 8.08. The number of rotatable bonds is 1. The summed E-state index contributed by atoms with van der Waals surface area (Å²) in [6.45, 7) is 0. The number of fused-ring (bicyclic) bond motifs is 1. The summed E-state index contributed by atoms with van der Waals surface area (Å²) in [4.78, 5) is 5.74. The van der Waals surface area contributed by atoms with E-state index in [-0.39, 0.29) is 18.9 Å². The van der Waals surface area contributed by atoms with Gasteiger partial charge >= 0.3 is 18.9 Å². The standard InChI is InChI=1S/C9H5N4S.Li/c1-2-8-9(14-6-10-8)5-7(1)13-11-3-4-12-13;/h1-3,5-6H;/q-1;+1. The second-order valence-electron chi connectivity index (χ2n) is 2.77. The molecule has 2 heterocycles. The molecule has 68 valence electrons. The Labute approximate surface area is 102 Å². The average molecular weight is 208 g/mol. The Hall–Kier alpha value is -1.15. The summed E-state index contributed by atoms with van der Waals surface area (Å²) in [5.41, 5.74) is 3.77. The third kappa shape index (κ3) is 1.82. The normalized spacial score (nSPS) is 10.1. The third-order valence-corrected chi connectivity index (χ3v) is 2.71. The topological polar surface area (TPSA) is 43.6 Å². The third-order valence-electron chi connectivity index (χ3n) is 1.92. The van der Waals surface area contributed by atoms with Crippen molar-refractivity contribution in [2.24, 2.45) is 0 Å². The number of hydrogen-bond donors (Lipinski definition) is 0. The van der Waals surface area contributed by atoms with Crippen molar-refractivity contribution in [1.29, 1.82) is 0 Å². The maximum absolute atomic E-state index is 4.20. The van der Waals surface area contributed by atoms with Gasteiger partial charge in [0, 0.05) is 0 Å². The van der Waals surface area contributed by atoms with Crippen LogP contribution in [-0.2, 0) is 0 Å². The molecule has 0 unspecified atom stereocenters. The largest absolute Gasteiger partial charge is 1.00 e. The molecule has 0 N–H and O–H groups in total. The molecule has 0 amide bonds. The summed E-state index contributed by atoms with van der Waals surface area (Å²) in [5.74, 6) is 0. The van der Waals surface area contributed by atoms with Gasteiger partial charge in [-0.25, -0.2) is 4.98 Å². The molecule has 0 aliphatic carbocycles. The van der Waals surface area contributed by atoms with Gasteiger partial charge in [0.15, 0.2) is 0 Å².